The molecule has 0 spiro atoms. The van der Waals surface area contributed by atoms with Crippen molar-refractivity contribution in [1.82, 2.24) is 10.6 Å². The summed E-state index contributed by atoms with van der Waals surface area (Å²) in [5, 5.41) is 22.2. The molecule has 0 aromatic heterocycles. The molecular weight excluding hydrogens is 252 g/mol. The van der Waals surface area contributed by atoms with E-state index in [0.29, 0.717) is 6.54 Å². The van der Waals surface area contributed by atoms with Gasteiger partial charge in [-0.3, -0.25) is 4.79 Å². The van der Waals surface area contributed by atoms with E-state index in [1.807, 2.05) is 0 Å². The Labute approximate surface area is 111 Å². The number of nitrogens with one attached hydrogen (secondary N) is 2. The molecule has 0 saturated heterocycles. The van der Waals surface area contributed by atoms with E-state index in [0.717, 1.165) is 18.8 Å². The molecule has 1 atom stereocenters. The molecule has 0 aliphatic heterocycles. The summed E-state index contributed by atoms with van der Waals surface area (Å²) in [6, 6.07) is -1.73. The first kappa shape index (κ1) is 15.3. The van der Waals surface area contributed by atoms with Gasteiger partial charge in [0, 0.05) is 13.0 Å². The van der Waals surface area contributed by atoms with Crippen molar-refractivity contribution in [3.63, 3.8) is 0 Å². The Bertz CT molecular complexity index is 341. The molecule has 0 bridgehead atoms. The molecule has 108 valence electrons. The highest BCUT2D eigenvalue weighted by Crippen LogP contribution is 2.33. The van der Waals surface area contributed by atoms with Crippen LogP contribution in [0.1, 0.15) is 38.5 Å². The Kier molecular flexibility index (Phi) is 6.11. The van der Waals surface area contributed by atoms with Crippen molar-refractivity contribution < 1.29 is 24.6 Å². The van der Waals surface area contributed by atoms with Gasteiger partial charge in [-0.2, -0.15) is 0 Å². The average molecular weight is 272 g/mol. The fourth-order valence-electron chi connectivity index (χ4n) is 1.73. The van der Waals surface area contributed by atoms with Crippen LogP contribution in [0.25, 0.3) is 0 Å². The number of carbonyl (C=O) groups is 3. The summed E-state index contributed by atoms with van der Waals surface area (Å²) >= 11 is 0. The lowest BCUT2D eigenvalue weighted by Crippen LogP contribution is -2.46. The second-order valence-corrected chi connectivity index (χ2v) is 4.81. The minimum atomic E-state index is -1.23. The Morgan fingerprint density at radius 2 is 1.89 bits per heavy atom. The molecule has 1 saturated carbocycles. The number of urea groups is 1. The van der Waals surface area contributed by atoms with E-state index in [9.17, 15) is 14.4 Å². The number of carbonyl (C=O) groups excluding carboxylic acids is 1. The van der Waals surface area contributed by atoms with Crippen molar-refractivity contribution in [2.24, 2.45) is 5.92 Å². The number of rotatable bonds is 9. The van der Waals surface area contributed by atoms with Crippen molar-refractivity contribution in [3.8, 4) is 0 Å². The van der Waals surface area contributed by atoms with Gasteiger partial charge in [-0.1, -0.05) is 12.8 Å². The summed E-state index contributed by atoms with van der Waals surface area (Å²) in [6.07, 6.45) is 4.08. The lowest BCUT2D eigenvalue weighted by molar-refractivity contribution is -0.140. The smallest absolute Gasteiger partial charge is 0.326 e. The molecular formula is C12H20N2O5. The second kappa shape index (κ2) is 7.60. The van der Waals surface area contributed by atoms with Crippen LogP contribution in [-0.4, -0.2) is 40.8 Å². The van der Waals surface area contributed by atoms with E-state index in [2.05, 4.69) is 10.6 Å². The first-order valence-corrected chi connectivity index (χ1v) is 6.48. The van der Waals surface area contributed by atoms with Gasteiger partial charge in [0.25, 0.3) is 0 Å². The number of aliphatic carboxylic acids is 2. The Balaban J connectivity index is 2.17. The average Bonchev–Trinajstić information content (AvgIpc) is 3.13. The van der Waals surface area contributed by atoms with Gasteiger partial charge in [-0.05, 0) is 25.2 Å². The highest BCUT2D eigenvalue weighted by Gasteiger charge is 2.22. The van der Waals surface area contributed by atoms with Crippen LogP contribution in [-0.2, 0) is 9.59 Å². The van der Waals surface area contributed by atoms with E-state index >= 15 is 0 Å². The molecule has 7 heteroatoms. The fraction of sp³-hybridized carbons (Fsp3) is 0.750. The Morgan fingerprint density at radius 1 is 1.21 bits per heavy atom. The molecule has 0 heterocycles. The topological polar surface area (TPSA) is 116 Å². The molecule has 0 aromatic carbocycles. The van der Waals surface area contributed by atoms with Gasteiger partial charge in [-0.25, -0.2) is 9.59 Å². The molecule has 1 unspecified atom stereocenters. The summed E-state index contributed by atoms with van der Waals surface area (Å²) in [5.41, 5.74) is 0. The molecule has 4 N–H and O–H groups in total. The number of carboxylic acid groups (broad SMARTS) is 2. The third-order valence-corrected chi connectivity index (χ3v) is 3.02. The monoisotopic (exact) mass is 272 g/mol. The number of hydrogen-bond acceptors (Lipinski definition) is 3. The molecule has 7 nitrogen and oxygen atoms in total. The van der Waals surface area contributed by atoms with Gasteiger partial charge in [0.1, 0.15) is 6.04 Å². The lowest BCUT2D eigenvalue weighted by atomic mass is 10.1. The van der Waals surface area contributed by atoms with Crippen molar-refractivity contribution in [3.05, 3.63) is 0 Å². The van der Waals surface area contributed by atoms with Crippen molar-refractivity contribution in [1.29, 1.82) is 0 Å². The minimum absolute atomic E-state index is 0.125. The highest BCUT2D eigenvalue weighted by molar-refractivity contribution is 5.82. The zero-order chi connectivity index (χ0) is 14.3. The maximum absolute atomic E-state index is 11.4. The van der Waals surface area contributed by atoms with E-state index in [4.69, 9.17) is 10.2 Å². The molecule has 1 fully saturated rings. The molecule has 2 amide bonds. The lowest BCUT2D eigenvalue weighted by Gasteiger charge is -2.14. The van der Waals surface area contributed by atoms with Gasteiger partial charge in [0.15, 0.2) is 0 Å². The summed E-state index contributed by atoms with van der Waals surface area (Å²) in [7, 11) is 0. The highest BCUT2D eigenvalue weighted by atomic mass is 16.4. The van der Waals surface area contributed by atoms with Gasteiger partial charge < -0.3 is 20.8 Å². The third-order valence-electron chi connectivity index (χ3n) is 3.02. The zero-order valence-corrected chi connectivity index (χ0v) is 10.7. The first-order chi connectivity index (χ1) is 8.99. The van der Waals surface area contributed by atoms with Crippen LogP contribution in [0.5, 0.6) is 0 Å². The molecule has 0 aromatic rings. The van der Waals surface area contributed by atoms with E-state index in [1.54, 1.807) is 0 Å². The predicted octanol–water partition coefficient (Wildman–Crippen LogP) is 0.794. The quantitative estimate of drug-likeness (QED) is 0.463. The summed E-state index contributed by atoms with van der Waals surface area (Å²) in [6.45, 7) is 0.508. The maximum atomic E-state index is 11.4. The van der Waals surface area contributed by atoms with Crippen LogP contribution in [0.15, 0.2) is 0 Å². The standard InChI is InChI=1S/C12H20N2O5/c15-10(16)6-5-9(11(17)18)14-12(19)13-7-1-2-8-3-4-8/h8-9H,1-7H2,(H,15,16)(H,17,18)(H2,13,14,19). The van der Waals surface area contributed by atoms with Gasteiger partial charge in [0.2, 0.25) is 0 Å². The van der Waals surface area contributed by atoms with Crippen LogP contribution in [0.2, 0.25) is 0 Å². The Hall–Kier alpha value is -1.79. The van der Waals surface area contributed by atoms with Crippen molar-refractivity contribution in [2.75, 3.05) is 6.54 Å². The number of amides is 2. The number of carboxylic acids is 2. The minimum Gasteiger partial charge on any atom is -0.481 e. The summed E-state index contributed by atoms with van der Waals surface area (Å²) in [4.78, 5) is 32.6. The van der Waals surface area contributed by atoms with Crippen molar-refractivity contribution >= 4 is 18.0 Å². The van der Waals surface area contributed by atoms with Gasteiger partial charge in [0.05, 0.1) is 0 Å². The SMILES string of the molecule is O=C(O)CCC(NC(=O)NCCCC1CC1)C(=O)O. The molecule has 19 heavy (non-hydrogen) atoms. The van der Waals surface area contributed by atoms with E-state index in [-0.39, 0.29) is 12.8 Å². The summed E-state index contributed by atoms with van der Waals surface area (Å²) < 4.78 is 0. The molecule has 1 aliphatic rings. The molecule has 1 rings (SSSR count). The molecule has 1 aliphatic carbocycles. The van der Waals surface area contributed by atoms with Crippen molar-refractivity contribution in [2.45, 2.75) is 44.6 Å². The second-order valence-electron chi connectivity index (χ2n) is 4.81. The van der Waals surface area contributed by atoms with Crippen LogP contribution < -0.4 is 10.6 Å². The molecule has 0 radical (unpaired) electrons. The zero-order valence-electron chi connectivity index (χ0n) is 10.7. The van der Waals surface area contributed by atoms with Crippen LogP contribution in [0, 0.1) is 5.92 Å². The summed E-state index contributed by atoms with van der Waals surface area (Å²) in [5.74, 6) is -1.51. The van der Waals surface area contributed by atoms with Gasteiger partial charge >= 0.3 is 18.0 Å². The maximum Gasteiger partial charge on any atom is 0.326 e. The normalized spacial score (nSPS) is 15.6. The predicted molar refractivity (Wildman–Crippen MR) is 66.8 cm³/mol. The van der Waals surface area contributed by atoms with Gasteiger partial charge in [-0.15, -0.1) is 0 Å². The number of hydrogen-bond donors (Lipinski definition) is 4. The van der Waals surface area contributed by atoms with E-state index in [1.165, 1.54) is 12.8 Å². The van der Waals surface area contributed by atoms with Crippen LogP contribution in [0.4, 0.5) is 4.79 Å². The van der Waals surface area contributed by atoms with Crippen LogP contribution in [0.3, 0.4) is 0 Å². The van der Waals surface area contributed by atoms with Crippen LogP contribution >= 0.6 is 0 Å². The fourth-order valence-corrected chi connectivity index (χ4v) is 1.73. The first-order valence-electron chi connectivity index (χ1n) is 6.48. The van der Waals surface area contributed by atoms with E-state index < -0.39 is 24.0 Å². The Morgan fingerprint density at radius 3 is 2.42 bits per heavy atom. The third kappa shape index (κ3) is 7.28. The largest absolute Gasteiger partial charge is 0.481 e.